The highest BCUT2D eigenvalue weighted by Gasteiger charge is 2.32. The Labute approximate surface area is 167 Å². The van der Waals surface area contributed by atoms with Gasteiger partial charge in [-0.2, -0.15) is 13.2 Å². The van der Waals surface area contributed by atoms with Gasteiger partial charge in [0.2, 0.25) is 5.91 Å². The SMILES string of the molecule is COc1ccc(C)cc1NC(=O)CSc1nnc2c(Cl)cc(C(F)(F)F)cn12. The van der Waals surface area contributed by atoms with E-state index in [2.05, 4.69) is 15.5 Å². The van der Waals surface area contributed by atoms with Gasteiger partial charge in [0.15, 0.2) is 10.8 Å². The number of fused-ring (bicyclic) bond motifs is 1. The molecule has 148 valence electrons. The number of carbonyl (C=O) groups excluding carboxylic acids is 1. The van der Waals surface area contributed by atoms with Crippen molar-refractivity contribution in [3.63, 3.8) is 0 Å². The standard InChI is InChI=1S/C17H14ClF3N4O2S/c1-9-3-4-13(27-2)12(5-9)22-14(26)8-28-16-24-23-15-11(18)6-10(7-25(15)16)17(19,20)21/h3-7H,8H2,1-2H3,(H,22,26). The summed E-state index contributed by atoms with van der Waals surface area (Å²) in [5.41, 5.74) is 0.585. The lowest BCUT2D eigenvalue weighted by Crippen LogP contribution is -2.15. The molecule has 28 heavy (non-hydrogen) atoms. The first-order valence-electron chi connectivity index (χ1n) is 7.88. The number of benzene rings is 1. The molecule has 2 heterocycles. The summed E-state index contributed by atoms with van der Waals surface area (Å²) in [6.07, 6.45) is -3.71. The van der Waals surface area contributed by atoms with Crippen molar-refractivity contribution in [1.29, 1.82) is 0 Å². The van der Waals surface area contributed by atoms with Gasteiger partial charge in [-0.15, -0.1) is 10.2 Å². The fourth-order valence-corrected chi connectivity index (χ4v) is 3.38. The molecule has 2 aromatic heterocycles. The molecule has 11 heteroatoms. The minimum atomic E-state index is -4.57. The van der Waals surface area contributed by atoms with Crippen LogP contribution in [0.15, 0.2) is 35.6 Å². The molecule has 1 aromatic carbocycles. The Morgan fingerprint density at radius 3 is 2.75 bits per heavy atom. The highest BCUT2D eigenvalue weighted by Crippen LogP contribution is 2.33. The van der Waals surface area contributed by atoms with E-state index < -0.39 is 11.7 Å². The van der Waals surface area contributed by atoms with Crippen LogP contribution in [-0.4, -0.2) is 33.4 Å². The van der Waals surface area contributed by atoms with E-state index in [1.54, 1.807) is 12.1 Å². The molecule has 0 spiro atoms. The van der Waals surface area contributed by atoms with Crippen LogP contribution in [-0.2, 0) is 11.0 Å². The number of amides is 1. The zero-order valence-electron chi connectivity index (χ0n) is 14.7. The van der Waals surface area contributed by atoms with Gasteiger partial charge in [-0.05, 0) is 30.7 Å². The van der Waals surface area contributed by atoms with E-state index >= 15 is 0 Å². The average Bonchev–Trinajstić information content (AvgIpc) is 3.03. The molecular formula is C17H14ClF3N4O2S. The number of pyridine rings is 1. The van der Waals surface area contributed by atoms with Crippen molar-refractivity contribution >= 4 is 40.6 Å². The number of rotatable bonds is 5. The summed E-state index contributed by atoms with van der Waals surface area (Å²) in [5.74, 6) is 0.0355. The van der Waals surface area contributed by atoms with Gasteiger partial charge in [-0.3, -0.25) is 9.20 Å². The van der Waals surface area contributed by atoms with Gasteiger partial charge in [-0.1, -0.05) is 29.4 Å². The first-order valence-corrected chi connectivity index (χ1v) is 9.24. The number of methoxy groups -OCH3 is 1. The van der Waals surface area contributed by atoms with Crippen LogP contribution in [0.1, 0.15) is 11.1 Å². The second-order valence-corrected chi connectivity index (χ2v) is 7.14. The third kappa shape index (κ3) is 4.33. The molecule has 0 atom stereocenters. The molecule has 3 rings (SSSR count). The van der Waals surface area contributed by atoms with Crippen molar-refractivity contribution in [3.8, 4) is 5.75 Å². The molecule has 0 saturated heterocycles. The van der Waals surface area contributed by atoms with E-state index in [1.807, 2.05) is 13.0 Å². The van der Waals surface area contributed by atoms with Crippen LogP contribution in [0, 0.1) is 6.92 Å². The third-order valence-corrected chi connectivity index (χ3v) is 4.94. The average molecular weight is 431 g/mol. The topological polar surface area (TPSA) is 68.5 Å². The number of aryl methyl sites for hydroxylation is 1. The summed E-state index contributed by atoms with van der Waals surface area (Å²) in [4.78, 5) is 12.3. The van der Waals surface area contributed by atoms with Crippen molar-refractivity contribution in [1.82, 2.24) is 14.6 Å². The molecule has 6 nitrogen and oxygen atoms in total. The number of hydrogen-bond acceptors (Lipinski definition) is 5. The number of aromatic nitrogens is 3. The van der Waals surface area contributed by atoms with Crippen molar-refractivity contribution in [2.45, 2.75) is 18.3 Å². The van der Waals surface area contributed by atoms with E-state index in [4.69, 9.17) is 16.3 Å². The molecule has 3 aromatic rings. The Morgan fingerprint density at radius 2 is 2.07 bits per heavy atom. The van der Waals surface area contributed by atoms with E-state index in [0.29, 0.717) is 11.4 Å². The molecule has 0 radical (unpaired) electrons. The van der Waals surface area contributed by atoms with Crippen LogP contribution < -0.4 is 10.1 Å². The minimum absolute atomic E-state index is 0.0814. The highest BCUT2D eigenvalue weighted by atomic mass is 35.5. The van der Waals surface area contributed by atoms with Crippen LogP contribution in [0.3, 0.4) is 0 Å². The molecule has 0 aliphatic carbocycles. The summed E-state index contributed by atoms with van der Waals surface area (Å²) in [6.45, 7) is 1.87. The Balaban J connectivity index is 1.78. The Hall–Kier alpha value is -2.46. The molecule has 1 N–H and O–H groups in total. The van der Waals surface area contributed by atoms with Crippen LogP contribution in [0.25, 0.3) is 5.65 Å². The number of ether oxygens (including phenoxy) is 1. The maximum absolute atomic E-state index is 13.0. The maximum Gasteiger partial charge on any atom is 0.417 e. The van der Waals surface area contributed by atoms with E-state index in [9.17, 15) is 18.0 Å². The number of nitrogens with one attached hydrogen (secondary N) is 1. The fraction of sp³-hybridized carbons (Fsp3) is 0.235. The number of thioether (sulfide) groups is 1. The van der Waals surface area contributed by atoms with Crippen LogP contribution in [0.5, 0.6) is 5.75 Å². The first-order chi connectivity index (χ1) is 13.2. The smallest absolute Gasteiger partial charge is 0.417 e. The van der Waals surface area contributed by atoms with Crippen LogP contribution in [0.2, 0.25) is 5.02 Å². The lowest BCUT2D eigenvalue weighted by atomic mass is 10.2. The Morgan fingerprint density at radius 1 is 1.32 bits per heavy atom. The fourth-order valence-electron chi connectivity index (χ4n) is 2.42. The van der Waals surface area contributed by atoms with Crippen molar-refractivity contribution < 1.29 is 22.7 Å². The number of nitrogens with zero attached hydrogens (tertiary/aromatic N) is 3. The normalized spacial score (nSPS) is 11.6. The molecule has 0 aliphatic heterocycles. The molecular weight excluding hydrogens is 417 g/mol. The number of hydrogen-bond donors (Lipinski definition) is 1. The van der Waals surface area contributed by atoms with Gasteiger partial charge in [0.1, 0.15) is 5.75 Å². The maximum atomic E-state index is 13.0. The van der Waals surface area contributed by atoms with E-state index in [0.717, 1.165) is 34.0 Å². The highest BCUT2D eigenvalue weighted by molar-refractivity contribution is 7.99. The summed E-state index contributed by atoms with van der Waals surface area (Å²) in [6, 6.07) is 6.11. The van der Waals surface area contributed by atoms with Gasteiger partial charge in [-0.25, -0.2) is 0 Å². The predicted molar refractivity (Wildman–Crippen MR) is 100 cm³/mol. The van der Waals surface area contributed by atoms with E-state index in [1.165, 1.54) is 7.11 Å². The summed E-state index contributed by atoms with van der Waals surface area (Å²) in [7, 11) is 1.49. The van der Waals surface area contributed by atoms with Crippen molar-refractivity contribution in [2.75, 3.05) is 18.2 Å². The Kier molecular flexibility index (Phi) is 5.71. The largest absolute Gasteiger partial charge is 0.495 e. The van der Waals surface area contributed by atoms with Gasteiger partial charge >= 0.3 is 6.18 Å². The van der Waals surface area contributed by atoms with Gasteiger partial charge < -0.3 is 10.1 Å². The monoisotopic (exact) mass is 430 g/mol. The Bertz CT molecular complexity index is 1040. The number of carbonyl (C=O) groups is 1. The molecule has 0 aliphatic rings. The van der Waals surface area contributed by atoms with Crippen LogP contribution >= 0.6 is 23.4 Å². The van der Waals surface area contributed by atoms with Crippen molar-refractivity contribution in [2.24, 2.45) is 0 Å². The third-order valence-electron chi connectivity index (χ3n) is 3.72. The van der Waals surface area contributed by atoms with Crippen molar-refractivity contribution in [3.05, 3.63) is 46.6 Å². The molecule has 0 saturated carbocycles. The lowest BCUT2D eigenvalue weighted by molar-refractivity contribution is -0.137. The minimum Gasteiger partial charge on any atom is -0.495 e. The van der Waals surface area contributed by atoms with Gasteiger partial charge in [0.05, 0.1) is 29.1 Å². The number of halogens is 4. The first kappa shape index (κ1) is 20.3. The zero-order valence-corrected chi connectivity index (χ0v) is 16.2. The van der Waals surface area contributed by atoms with Gasteiger partial charge in [0, 0.05) is 6.20 Å². The van der Waals surface area contributed by atoms with Gasteiger partial charge in [0.25, 0.3) is 0 Å². The molecule has 1 amide bonds. The zero-order chi connectivity index (χ0) is 20.5. The summed E-state index contributed by atoms with van der Waals surface area (Å²) in [5, 5.41) is 10.3. The molecule has 0 unspecified atom stereocenters. The quantitative estimate of drug-likeness (QED) is 0.606. The number of anilines is 1. The second-order valence-electron chi connectivity index (χ2n) is 5.79. The number of alkyl halides is 3. The lowest BCUT2D eigenvalue weighted by Gasteiger charge is -2.11. The summed E-state index contributed by atoms with van der Waals surface area (Å²) < 4.78 is 45.3. The second kappa shape index (κ2) is 7.88. The van der Waals surface area contributed by atoms with Crippen LogP contribution in [0.4, 0.5) is 18.9 Å². The van der Waals surface area contributed by atoms with E-state index in [-0.39, 0.29) is 27.5 Å². The molecule has 0 bridgehead atoms. The predicted octanol–water partition coefficient (Wildman–Crippen LogP) is 4.45. The molecule has 0 fully saturated rings. The summed E-state index contributed by atoms with van der Waals surface area (Å²) >= 11 is 6.81.